The van der Waals surface area contributed by atoms with Gasteiger partial charge in [0.15, 0.2) is 16.6 Å². The summed E-state index contributed by atoms with van der Waals surface area (Å²) < 4.78 is 18.8. The number of carboxylic acid groups (broad SMARTS) is 1. The fourth-order valence-electron chi connectivity index (χ4n) is 3.60. The van der Waals surface area contributed by atoms with E-state index in [0.29, 0.717) is 6.42 Å². The quantitative estimate of drug-likeness (QED) is 0.109. The maximum atomic E-state index is 12.1. The summed E-state index contributed by atoms with van der Waals surface area (Å²) in [6, 6.07) is 0.762. The van der Waals surface area contributed by atoms with Crippen LogP contribution in [0.2, 0.25) is 51.9 Å². The molecule has 9 heteroatoms. The third-order valence-corrected chi connectivity index (χ3v) is 14.0. The van der Waals surface area contributed by atoms with E-state index in [1.54, 1.807) is 0 Å². The van der Waals surface area contributed by atoms with Gasteiger partial charge in [-0.1, -0.05) is 39.0 Å². The van der Waals surface area contributed by atoms with Crippen molar-refractivity contribution >= 4 is 37.1 Å². The number of ether oxygens (including phenoxy) is 1. The summed E-state index contributed by atoms with van der Waals surface area (Å²) in [5, 5.41) is 8.75. The lowest BCUT2D eigenvalue weighted by Crippen LogP contribution is -2.52. The Kier molecular flexibility index (Phi) is 14.1. The molecule has 182 valence electrons. The monoisotopic (exact) mass is 490 g/mol. The molecule has 0 aliphatic rings. The number of unbranched alkanes of at least 4 members (excludes halogenated alkanes) is 5. The zero-order chi connectivity index (χ0) is 24.1. The van der Waals surface area contributed by atoms with Crippen molar-refractivity contribution in [2.45, 2.75) is 116 Å². The van der Waals surface area contributed by atoms with E-state index >= 15 is 0 Å². The molecule has 0 rings (SSSR count). The lowest BCUT2D eigenvalue weighted by atomic mass is 10.1. The standard InChI is InChI=1S/C22H46O6Si3/c1-9-10-11-12-13-14-15-20(26-22(25)17-16-21(23)24)18-19-31(8,27-29(2,3)4)28-30(5,6)7/h16-17,20H,9-15,18-19H2,1-8H3,(H,23,24)/b17-16+. The van der Waals surface area contributed by atoms with Crippen molar-refractivity contribution in [1.82, 2.24) is 0 Å². The Morgan fingerprint density at radius 3 is 1.81 bits per heavy atom. The highest BCUT2D eigenvalue weighted by Gasteiger charge is 2.40. The molecule has 31 heavy (non-hydrogen) atoms. The second-order valence-electron chi connectivity index (χ2n) is 10.4. The lowest BCUT2D eigenvalue weighted by molar-refractivity contribution is -0.144. The summed E-state index contributed by atoms with van der Waals surface area (Å²) in [4.78, 5) is 22.8. The number of carbonyl (C=O) groups is 2. The van der Waals surface area contributed by atoms with Crippen molar-refractivity contribution in [3.8, 4) is 0 Å². The van der Waals surface area contributed by atoms with Crippen LogP contribution in [0.15, 0.2) is 12.2 Å². The van der Waals surface area contributed by atoms with E-state index in [1.807, 2.05) is 0 Å². The first kappa shape index (κ1) is 30.3. The number of esters is 1. The third-order valence-electron chi connectivity index (χ3n) is 4.49. The molecular formula is C22H46O6Si3. The van der Waals surface area contributed by atoms with Crippen molar-refractivity contribution in [3.05, 3.63) is 12.2 Å². The Hall–Kier alpha value is -0.749. The zero-order valence-electron chi connectivity index (χ0n) is 21.1. The Bertz CT molecular complexity index is 551. The molecule has 0 amide bonds. The molecule has 0 saturated carbocycles. The van der Waals surface area contributed by atoms with Crippen molar-refractivity contribution < 1.29 is 27.7 Å². The molecule has 0 fully saturated rings. The fourth-order valence-corrected chi connectivity index (χ4v) is 16.2. The predicted octanol–water partition coefficient (Wildman–Crippen LogP) is 6.45. The molecule has 0 aromatic heterocycles. The van der Waals surface area contributed by atoms with E-state index in [9.17, 15) is 9.59 Å². The van der Waals surface area contributed by atoms with Crippen molar-refractivity contribution in [2.75, 3.05) is 0 Å². The maximum Gasteiger partial charge on any atom is 0.331 e. The number of carboxylic acids is 1. The van der Waals surface area contributed by atoms with Gasteiger partial charge in [0.2, 0.25) is 0 Å². The van der Waals surface area contributed by atoms with Gasteiger partial charge < -0.3 is 18.1 Å². The number of hydrogen-bond acceptors (Lipinski definition) is 5. The van der Waals surface area contributed by atoms with Crippen LogP contribution in [0.1, 0.15) is 58.3 Å². The fraction of sp³-hybridized carbons (Fsp3) is 0.818. The second-order valence-corrected chi connectivity index (χ2v) is 23.2. The SMILES string of the molecule is CCCCCCCCC(CC[Si](C)(O[Si](C)(C)C)O[Si](C)(C)C)OC(=O)/C=C/C(=O)O. The molecule has 0 radical (unpaired) electrons. The molecule has 1 unspecified atom stereocenters. The minimum atomic E-state index is -2.42. The van der Waals surface area contributed by atoms with Crippen LogP contribution in [0.5, 0.6) is 0 Å². The van der Waals surface area contributed by atoms with Gasteiger partial charge >= 0.3 is 20.5 Å². The molecule has 0 bridgehead atoms. The van der Waals surface area contributed by atoms with Gasteiger partial charge in [-0.25, -0.2) is 9.59 Å². The van der Waals surface area contributed by atoms with Gasteiger partial charge in [0.05, 0.1) is 0 Å². The molecule has 6 nitrogen and oxygen atoms in total. The average molecular weight is 491 g/mol. The highest BCUT2D eigenvalue weighted by Crippen LogP contribution is 2.27. The van der Waals surface area contributed by atoms with Crippen LogP contribution < -0.4 is 0 Å². The lowest BCUT2D eigenvalue weighted by Gasteiger charge is -2.39. The molecule has 1 N–H and O–H groups in total. The summed E-state index contributed by atoms with van der Waals surface area (Å²) in [5.41, 5.74) is 0. The van der Waals surface area contributed by atoms with Gasteiger partial charge in [-0.05, 0) is 71.1 Å². The van der Waals surface area contributed by atoms with Crippen LogP contribution in [-0.4, -0.2) is 48.3 Å². The minimum Gasteiger partial charge on any atom is -0.478 e. The van der Waals surface area contributed by atoms with E-state index in [4.69, 9.17) is 18.1 Å². The Morgan fingerprint density at radius 1 is 0.806 bits per heavy atom. The summed E-state index contributed by atoms with van der Waals surface area (Å²) >= 11 is 0. The topological polar surface area (TPSA) is 82.1 Å². The van der Waals surface area contributed by atoms with E-state index in [1.165, 1.54) is 25.7 Å². The molecular weight excluding hydrogens is 444 g/mol. The summed E-state index contributed by atoms with van der Waals surface area (Å²) in [6.07, 6.45) is 10.0. The molecule has 0 aliphatic carbocycles. The van der Waals surface area contributed by atoms with Gasteiger partial charge in [0, 0.05) is 12.2 Å². The van der Waals surface area contributed by atoms with Crippen LogP contribution in [0.3, 0.4) is 0 Å². The van der Waals surface area contributed by atoms with Crippen LogP contribution in [0, 0.1) is 0 Å². The number of rotatable bonds is 17. The normalized spacial score (nSPS) is 14.1. The van der Waals surface area contributed by atoms with Gasteiger partial charge in [0.25, 0.3) is 0 Å². The highest BCUT2D eigenvalue weighted by atomic mass is 28.5. The van der Waals surface area contributed by atoms with E-state index < -0.39 is 37.1 Å². The first-order chi connectivity index (χ1) is 14.2. The van der Waals surface area contributed by atoms with Gasteiger partial charge in [-0.3, -0.25) is 0 Å². The first-order valence-corrected chi connectivity index (χ1v) is 21.0. The van der Waals surface area contributed by atoms with Crippen LogP contribution in [0.4, 0.5) is 0 Å². The van der Waals surface area contributed by atoms with E-state index in [0.717, 1.165) is 37.5 Å². The Labute approximate surface area is 193 Å². The van der Waals surface area contributed by atoms with Crippen molar-refractivity contribution in [1.29, 1.82) is 0 Å². The number of aliphatic carboxylic acids is 1. The second kappa shape index (κ2) is 14.4. The molecule has 0 heterocycles. The summed E-state index contributed by atoms with van der Waals surface area (Å²) in [5.74, 6) is -1.75. The first-order valence-electron chi connectivity index (χ1n) is 11.7. The maximum absolute atomic E-state index is 12.1. The van der Waals surface area contributed by atoms with Gasteiger partial charge in [-0.15, -0.1) is 0 Å². The predicted molar refractivity (Wildman–Crippen MR) is 135 cm³/mol. The Morgan fingerprint density at radius 2 is 1.32 bits per heavy atom. The third kappa shape index (κ3) is 18.5. The Balaban J connectivity index is 5.11. The van der Waals surface area contributed by atoms with Crippen molar-refractivity contribution in [2.24, 2.45) is 0 Å². The van der Waals surface area contributed by atoms with Crippen molar-refractivity contribution in [3.63, 3.8) is 0 Å². The zero-order valence-corrected chi connectivity index (χ0v) is 24.1. The molecule has 1 atom stereocenters. The van der Waals surface area contributed by atoms with Gasteiger partial charge in [0.1, 0.15) is 6.10 Å². The summed E-state index contributed by atoms with van der Waals surface area (Å²) in [6.45, 7) is 17.4. The largest absolute Gasteiger partial charge is 0.478 e. The molecule has 0 aromatic carbocycles. The van der Waals surface area contributed by atoms with Gasteiger partial charge in [-0.2, -0.15) is 0 Å². The molecule has 0 aromatic rings. The molecule has 0 saturated heterocycles. The molecule has 0 aliphatic heterocycles. The van der Waals surface area contributed by atoms with Crippen LogP contribution >= 0.6 is 0 Å². The number of hydrogen-bond donors (Lipinski definition) is 1. The highest BCUT2D eigenvalue weighted by molar-refractivity contribution is 6.87. The smallest absolute Gasteiger partial charge is 0.331 e. The van der Waals surface area contributed by atoms with Crippen LogP contribution in [-0.2, 0) is 22.6 Å². The average Bonchev–Trinajstić information content (AvgIpc) is 2.57. The van der Waals surface area contributed by atoms with Crippen LogP contribution in [0.25, 0.3) is 0 Å². The van der Waals surface area contributed by atoms with E-state index in [-0.39, 0.29) is 6.10 Å². The minimum absolute atomic E-state index is 0.251. The molecule has 0 spiro atoms. The summed E-state index contributed by atoms with van der Waals surface area (Å²) in [7, 11) is -6.00. The van der Waals surface area contributed by atoms with E-state index in [2.05, 4.69) is 52.8 Å². The number of carbonyl (C=O) groups excluding carboxylic acids is 1.